The van der Waals surface area contributed by atoms with E-state index >= 15 is 0 Å². The number of piperidine rings is 1. The van der Waals surface area contributed by atoms with Crippen molar-refractivity contribution in [2.24, 2.45) is 5.92 Å². The number of methoxy groups -OCH3 is 1. The van der Waals surface area contributed by atoms with Crippen LogP contribution in [-0.2, 0) is 4.74 Å². The van der Waals surface area contributed by atoms with Gasteiger partial charge in [-0.25, -0.2) is 9.59 Å². The van der Waals surface area contributed by atoms with Crippen LogP contribution in [-0.4, -0.2) is 48.1 Å². The molecule has 0 aromatic heterocycles. The third kappa shape index (κ3) is 3.47. The predicted molar refractivity (Wildman–Crippen MR) is 96.8 cm³/mol. The molecule has 26 heavy (non-hydrogen) atoms. The predicted octanol–water partition coefficient (Wildman–Crippen LogP) is 3.81. The van der Waals surface area contributed by atoms with E-state index in [1.807, 2.05) is 6.92 Å². The summed E-state index contributed by atoms with van der Waals surface area (Å²) < 4.78 is 17.7. The van der Waals surface area contributed by atoms with Crippen molar-refractivity contribution >= 4 is 28.0 Å². The highest BCUT2D eigenvalue weighted by molar-refractivity contribution is 9.10. The Kier molecular flexibility index (Phi) is 5.05. The van der Waals surface area contributed by atoms with Gasteiger partial charge in [0, 0.05) is 32.0 Å². The fourth-order valence-corrected chi connectivity index (χ4v) is 4.12. The highest BCUT2D eigenvalue weighted by Crippen LogP contribution is 2.49. The number of likely N-dealkylation sites (tertiary alicyclic amines) is 1. The maximum atomic E-state index is 12.0. The van der Waals surface area contributed by atoms with Gasteiger partial charge in [-0.2, -0.15) is 0 Å². The fraction of sp³-hybridized carbons (Fsp3) is 0.556. The summed E-state index contributed by atoms with van der Waals surface area (Å²) in [7, 11) is 1.34. The third-order valence-corrected chi connectivity index (χ3v) is 5.61. The summed E-state index contributed by atoms with van der Waals surface area (Å²) in [5, 5.41) is 9.06. The van der Waals surface area contributed by atoms with Crippen LogP contribution in [0.1, 0.15) is 42.1 Å². The lowest BCUT2D eigenvalue weighted by molar-refractivity contribution is -0.0842. The minimum Gasteiger partial charge on any atom is -0.465 e. The van der Waals surface area contributed by atoms with Gasteiger partial charge in [0.1, 0.15) is 0 Å². The van der Waals surface area contributed by atoms with E-state index in [-0.39, 0.29) is 0 Å². The van der Waals surface area contributed by atoms with Crippen LogP contribution in [0.4, 0.5) is 4.79 Å². The topological polar surface area (TPSA) is 85.3 Å². The lowest BCUT2D eigenvalue weighted by Crippen LogP contribution is -2.42. The quantitative estimate of drug-likeness (QED) is 0.738. The number of hydrogen-bond donors (Lipinski definition) is 1. The highest BCUT2D eigenvalue weighted by Gasteiger charge is 2.42. The second-order valence-electron chi connectivity index (χ2n) is 6.94. The zero-order valence-electron chi connectivity index (χ0n) is 15.0. The molecule has 0 radical (unpaired) electrons. The molecule has 1 aromatic rings. The lowest BCUT2D eigenvalue weighted by Gasteiger charge is -2.34. The number of rotatable bonds is 3. The molecule has 7 nitrogen and oxygen atoms in total. The van der Waals surface area contributed by atoms with Gasteiger partial charge in [0.25, 0.3) is 0 Å². The van der Waals surface area contributed by atoms with E-state index in [0.29, 0.717) is 52.5 Å². The molecule has 2 heterocycles. The van der Waals surface area contributed by atoms with Crippen LogP contribution >= 0.6 is 15.9 Å². The van der Waals surface area contributed by atoms with E-state index in [9.17, 15) is 9.59 Å². The van der Waals surface area contributed by atoms with Crippen LogP contribution < -0.4 is 9.47 Å². The van der Waals surface area contributed by atoms with Gasteiger partial charge in [0.05, 0.1) is 17.1 Å². The van der Waals surface area contributed by atoms with Crippen molar-refractivity contribution in [2.75, 3.05) is 20.2 Å². The molecule has 2 aliphatic heterocycles. The summed E-state index contributed by atoms with van der Waals surface area (Å²) in [6, 6.07) is 1.68. The van der Waals surface area contributed by atoms with Gasteiger partial charge in [-0.3, -0.25) is 0 Å². The van der Waals surface area contributed by atoms with Crippen molar-refractivity contribution in [2.45, 2.75) is 38.9 Å². The third-order valence-electron chi connectivity index (χ3n) is 5.02. The van der Waals surface area contributed by atoms with Crippen molar-refractivity contribution < 1.29 is 28.9 Å². The van der Waals surface area contributed by atoms with Gasteiger partial charge in [0.2, 0.25) is 5.79 Å². The average Bonchev–Trinajstić information content (AvgIpc) is 2.96. The van der Waals surface area contributed by atoms with E-state index in [1.165, 1.54) is 12.0 Å². The number of carboxylic acid groups (broad SMARTS) is 1. The van der Waals surface area contributed by atoms with E-state index in [2.05, 4.69) is 15.9 Å². The fourth-order valence-electron chi connectivity index (χ4n) is 3.63. The molecule has 1 atom stereocenters. The van der Waals surface area contributed by atoms with Gasteiger partial charge < -0.3 is 24.2 Å². The van der Waals surface area contributed by atoms with Crippen LogP contribution in [0.5, 0.6) is 11.5 Å². The maximum absolute atomic E-state index is 12.0. The SMILES string of the molecule is COC(=O)c1cc(Br)c2c(c1C)OC(C)(CC1CCN(C(=O)O)CC1)O2. The van der Waals surface area contributed by atoms with Crippen LogP contribution in [0.15, 0.2) is 10.5 Å². The summed E-state index contributed by atoms with van der Waals surface area (Å²) in [6.45, 7) is 4.73. The smallest absolute Gasteiger partial charge is 0.407 e. The van der Waals surface area contributed by atoms with E-state index in [0.717, 1.165) is 12.8 Å². The Balaban J connectivity index is 1.75. The number of esters is 1. The minimum atomic E-state index is -0.870. The van der Waals surface area contributed by atoms with Crippen LogP contribution in [0.25, 0.3) is 0 Å². The molecule has 1 saturated heterocycles. The Morgan fingerprint density at radius 2 is 1.96 bits per heavy atom. The van der Waals surface area contributed by atoms with Gasteiger partial charge in [0.15, 0.2) is 11.5 Å². The maximum Gasteiger partial charge on any atom is 0.407 e. The molecule has 0 spiro atoms. The number of halogens is 1. The van der Waals surface area contributed by atoms with E-state index < -0.39 is 17.8 Å². The number of carbonyl (C=O) groups excluding carboxylic acids is 1. The molecule has 3 rings (SSSR count). The molecule has 1 unspecified atom stereocenters. The molecule has 1 N–H and O–H groups in total. The zero-order valence-corrected chi connectivity index (χ0v) is 16.6. The molecular weight excluding hydrogens is 406 g/mol. The first-order chi connectivity index (χ1) is 12.2. The number of hydrogen-bond acceptors (Lipinski definition) is 5. The van der Waals surface area contributed by atoms with E-state index in [1.54, 1.807) is 13.0 Å². The zero-order chi connectivity index (χ0) is 19.1. The molecule has 0 saturated carbocycles. The molecule has 1 amide bonds. The molecule has 1 aromatic carbocycles. The van der Waals surface area contributed by atoms with Crippen LogP contribution in [0.3, 0.4) is 0 Å². The largest absolute Gasteiger partial charge is 0.465 e. The summed E-state index contributed by atoms with van der Waals surface area (Å²) in [4.78, 5) is 24.4. The van der Waals surface area contributed by atoms with Crippen LogP contribution in [0.2, 0.25) is 0 Å². The van der Waals surface area contributed by atoms with Crippen molar-refractivity contribution in [3.8, 4) is 11.5 Å². The minimum absolute atomic E-state index is 0.309. The normalized spacial score (nSPS) is 22.4. The van der Waals surface area contributed by atoms with Crippen molar-refractivity contribution in [3.63, 3.8) is 0 Å². The Labute approximate surface area is 160 Å². The Hall–Kier alpha value is -1.96. The molecule has 142 valence electrons. The lowest BCUT2D eigenvalue weighted by atomic mass is 9.90. The molecule has 2 aliphatic rings. The Bertz CT molecular complexity index is 744. The second-order valence-corrected chi connectivity index (χ2v) is 7.79. The number of benzene rings is 1. The summed E-state index contributed by atoms with van der Waals surface area (Å²) in [5.41, 5.74) is 1.11. The molecular formula is C18H22BrNO6. The average molecular weight is 428 g/mol. The summed E-state index contributed by atoms with van der Waals surface area (Å²) >= 11 is 3.45. The Morgan fingerprint density at radius 1 is 1.35 bits per heavy atom. The first-order valence-electron chi connectivity index (χ1n) is 8.51. The van der Waals surface area contributed by atoms with Gasteiger partial charge in [-0.15, -0.1) is 0 Å². The number of fused-ring (bicyclic) bond motifs is 1. The molecule has 1 fully saturated rings. The Morgan fingerprint density at radius 3 is 2.54 bits per heavy atom. The van der Waals surface area contributed by atoms with E-state index in [4.69, 9.17) is 19.3 Å². The molecule has 0 bridgehead atoms. The number of carbonyl (C=O) groups is 2. The standard InChI is InChI=1S/C18H22BrNO6/c1-10-12(16(21)24-3)8-13(19)15-14(10)25-18(2,26-15)9-11-4-6-20(7-5-11)17(22)23/h8,11H,4-7,9H2,1-3H3,(H,22,23). The van der Waals surface area contributed by atoms with Crippen molar-refractivity contribution in [1.82, 2.24) is 4.90 Å². The highest BCUT2D eigenvalue weighted by atomic mass is 79.9. The van der Waals surface area contributed by atoms with Crippen molar-refractivity contribution in [1.29, 1.82) is 0 Å². The van der Waals surface area contributed by atoms with Gasteiger partial charge >= 0.3 is 12.1 Å². The van der Waals surface area contributed by atoms with Crippen molar-refractivity contribution in [3.05, 3.63) is 21.7 Å². The van der Waals surface area contributed by atoms with Gasteiger partial charge in [-0.05, 0) is 47.7 Å². The number of amides is 1. The first kappa shape index (κ1) is 18.8. The summed E-state index contributed by atoms with van der Waals surface area (Å²) in [5.74, 6) is 0.166. The number of ether oxygens (including phenoxy) is 3. The number of nitrogens with zero attached hydrogens (tertiary/aromatic N) is 1. The molecule has 0 aliphatic carbocycles. The first-order valence-corrected chi connectivity index (χ1v) is 9.30. The van der Waals surface area contributed by atoms with Gasteiger partial charge in [-0.1, -0.05) is 0 Å². The summed E-state index contributed by atoms with van der Waals surface area (Å²) in [6.07, 6.45) is 1.33. The second kappa shape index (κ2) is 6.98. The van der Waals surface area contributed by atoms with Crippen LogP contribution in [0, 0.1) is 12.8 Å². The molecule has 8 heteroatoms. The monoisotopic (exact) mass is 427 g/mol.